The van der Waals surface area contributed by atoms with Crippen LogP contribution < -0.4 is 5.32 Å². The third-order valence-corrected chi connectivity index (χ3v) is 3.88. The summed E-state index contributed by atoms with van der Waals surface area (Å²) < 4.78 is 5.51. The summed E-state index contributed by atoms with van der Waals surface area (Å²) in [5, 5.41) is 13.1. The van der Waals surface area contributed by atoms with Crippen molar-refractivity contribution < 1.29 is 14.6 Å². The van der Waals surface area contributed by atoms with Crippen molar-refractivity contribution in [1.29, 1.82) is 0 Å². The average Bonchev–Trinajstić information content (AvgIpc) is 2.89. The first-order valence-electron chi connectivity index (χ1n) is 6.39. The molecule has 1 fully saturated rings. The van der Waals surface area contributed by atoms with E-state index in [-0.39, 0.29) is 6.10 Å². The third-order valence-electron chi connectivity index (χ3n) is 3.55. The number of halogens is 1. The first-order valence-corrected chi connectivity index (χ1v) is 6.77. The minimum Gasteiger partial charge on any atom is -0.480 e. The van der Waals surface area contributed by atoms with Gasteiger partial charge in [-0.3, -0.25) is 5.32 Å². The van der Waals surface area contributed by atoms with E-state index in [0.29, 0.717) is 17.1 Å². The highest BCUT2D eigenvalue weighted by atomic mass is 35.5. The van der Waals surface area contributed by atoms with Gasteiger partial charge in [0.05, 0.1) is 6.10 Å². The number of benzene rings is 1. The number of carboxylic acids is 1. The summed E-state index contributed by atoms with van der Waals surface area (Å²) in [6.07, 6.45) is 2.08. The van der Waals surface area contributed by atoms with Gasteiger partial charge in [-0.15, -0.1) is 0 Å². The molecule has 0 saturated carbocycles. The van der Waals surface area contributed by atoms with Crippen LogP contribution in [0.4, 0.5) is 0 Å². The maximum Gasteiger partial charge on any atom is 0.328 e. The minimum absolute atomic E-state index is 0.0844. The van der Waals surface area contributed by atoms with E-state index in [4.69, 9.17) is 16.3 Å². The zero-order chi connectivity index (χ0) is 13.9. The minimum atomic E-state index is -1.20. The number of hydrogen-bond acceptors (Lipinski definition) is 3. The number of carboxylic acid groups (broad SMARTS) is 1. The monoisotopic (exact) mass is 283 g/mol. The first kappa shape index (κ1) is 14.3. The van der Waals surface area contributed by atoms with Crippen LogP contribution in [0.1, 0.15) is 25.3 Å². The van der Waals surface area contributed by atoms with Gasteiger partial charge in [-0.2, -0.15) is 0 Å². The summed E-state index contributed by atoms with van der Waals surface area (Å²) in [4.78, 5) is 11.6. The molecule has 0 aromatic heterocycles. The Kier molecular flexibility index (Phi) is 4.45. The van der Waals surface area contributed by atoms with E-state index in [1.165, 1.54) is 0 Å². The van der Waals surface area contributed by atoms with E-state index in [2.05, 4.69) is 5.32 Å². The molecule has 2 N–H and O–H groups in total. The molecule has 19 heavy (non-hydrogen) atoms. The molecule has 5 heteroatoms. The lowest BCUT2D eigenvalue weighted by atomic mass is 9.91. The van der Waals surface area contributed by atoms with Crippen LogP contribution in [0.15, 0.2) is 24.3 Å². The third kappa shape index (κ3) is 3.08. The summed E-state index contributed by atoms with van der Waals surface area (Å²) in [6.45, 7) is 2.89. The van der Waals surface area contributed by atoms with Gasteiger partial charge < -0.3 is 9.84 Å². The van der Waals surface area contributed by atoms with Crippen molar-refractivity contribution >= 4 is 17.6 Å². The van der Waals surface area contributed by atoms with Crippen molar-refractivity contribution in [2.45, 2.75) is 31.4 Å². The molecule has 1 aromatic rings. The van der Waals surface area contributed by atoms with Gasteiger partial charge in [0.15, 0.2) is 0 Å². The molecule has 0 bridgehead atoms. The highest BCUT2D eigenvalue weighted by molar-refractivity contribution is 6.31. The Morgan fingerprint density at radius 1 is 1.58 bits per heavy atom. The topological polar surface area (TPSA) is 58.6 Å². The van der Waals surface area contributed by atoms with Gasteiger partial charge in [0.2, 0.25) is 0 Å². The van der Waals surface area contributed by atoms with Crippen molar-refractivity contribution in [2.75, 3.05) is 13.2 Å². The number of aliphatic carboxylic acids is 1. The smallest absolute Gasteiger partial charge is 0.328 e. The second-order valence-electron chi connectivity index (χ2n) is 4.93. The molecule has 0 amide bonds. The Labute approximate surface area is 117 Å². The second-order valence-corrected chi connectivity index (χ2v) is 5.33. The fourth-order valence-corrected chi connectivity index (χ4v) is 2.60. The molecule has 2 unspecified atom stereocenters. The van der Waals surface area contributed by atoms with Gasteiger partial charge in [-0.25, -0.2) is 4.79 Å². The Morgan fingerprint density at radius 2 is 2.32 bits per heavy atom. The van der Waals surface area contributed by atoms with Crippen molar-refractivity contribution in [3.63, 3.8) is 0 Å². The van der Waals surface area contributed by atoms with Crippen molar-refractivity contribution in [1.82, 2.24) is 5.32 Å². The Bertz CT molecular complexity index is 460. The van der Waals surface area contributed by atoms with Crippen LogP contribution in [0, 0.1) is 0 Å². The van der Waals surface area contributed by atoms with Gasteiger partial charge in [0, 0.05) is 23.7 Å². The second kappa shape index (κ2) is 5.90. The largest absolute Gasteiger partial charge is 0.480 e. The molecule has 0 aliphatic carbocycles. The number of nitrogens with one attached hydrogen (secondary N) is 1. The predicted octanol–water partition coefficient (Wildman–Crippen LogP) is 2.41. The molecular formula is C14H18ClNO3. The molecule has 2 rings (SSSR count). The SMILES string of the molecule is CC(NCC1CCCO1)(C(=O)O)c1ccccc1Cl. The molecule has 1 aromatic carbocycles. The lowest BCUT2D eigenvalue weighted by molar-refractivity contribution is -0.144. The fraction of sp³-hybridized carbons (Fsp3) is 0.500. The Morgan fingerprint density at radius 3 is 2.89 bits per heavy atom. The number of hydrogen-bond donors (Lipinski definition) is 2. The van der Waals surface area contributed by atoms with Crippen molar-refractivity contribution in [3.05, 3.63) is 34.9 Å². The summed E-state index contributed by atoms with van der Waals surface area (Å²) in [6, 6.07) is 7.01. The lowest BCUT2D eigenvalue weighted by Crippen LogP contribution is -2.49. The molecule has 1 saturated heterocycles. The van der Waals surface area contributed by atoms with E-state index >= 15 is 0 Å². The van der Waals surface area contributed by atoms with Gasteiger partial charge in [-0.1, -0.05) is 29.8 Å². The molecule has 1 aliphatic rings. The predicted molar refractivity (Wildman–Crippen MR) is 73.4 cm³/mol. The van der Waals surface area contributed by atoms with Crippen molar-refractivity contribution in [3.8, 4) is 0 Å². The first-order chi connectivity index (χ1) is 9.04. The van der Waals surface area contributed by atoms with Crippen LogP contribution in [0.2, 0.25) is 5.02 Å². The quantitative estimate of drug-likeness (QED) is 0.871. The van der Waals surface area contributed by atoms with E-state index < -0.39 is 11.5 Å². The van der Waals surface area contributed by atoms with E-state index in [1.54, 1.807) is 31.2 Å². The lowest BCUT2D eigenvalue weighted by Gasteiger charge is -2.29. The zero-order valence-corrected chi connectivity index (χ0v) is 11.6. The van der Waals surface area contributed by atoms with Crippen LogP contribution in [0.5, 0.6) is 0 Å². The number of carbonyl (C=O) groups is 1. The standard InChI is InChI=1S/C14H18ClNO3/c1-14(13(17)18,11-6-2-3-7-12(11)15)16-9-10-5-4-8-19-10/h2-3,6-7,10,16H,4-5,8-9H2,1H3,(H,17,18). The van der Waals surface area contributed by atoms with E-state index in [1.807, 2.05) is 0 Å². The highest BCUT2D eigenvalue weighted by Gasteiger charge is 2.37. The molecule has 104 valence electrons. The normalized spacial score (nSPS) is 22.1. The summed E-state index contributed by atoms with van der Waals surface area (Å²) in [7, 11) is 0. The van der Waals surface area contributed by atoms with Crippen LogP contribution in [0.25, 0.3) is 0 Å². The van der Waals surface area contributed by atoms with Crippen molar-refractivity contribution in [2.24, 2.45) is 0 Å². The summed E-state index contributed by atoms with van der Waals surface area (Å²) >= 11 is 6.11. The van der Waals surface area contributed by atoms with Crippen LogP contribution >= 0.6 is 11.6 Å². The van der Waals surface area contributed by atoms with Gasteiger partial charge in [-0.05, 0) is 25.8 Å². The highest BCUT2D eigenvalue weighted by Crippen LogP contribution is 2.28. The molecular weight excluding hydrogens is 266 g/mol. The summed E-state index contributed by atoms with van der Waals surface area (Å²) in [5.41, 5.74) is -0.633. The average molecular weight is 284 g/mol. The molecule has 1 heterocycles. The molecule has 0 spiro atoms. The Balaban J connectivity index is 2.17. The molecule has 4 nitrogen and oxygen atoms in total. The van der Waals surface area contributed by atoms with Gasteiger partial charge in [0.25, 0.3) is 0 Å². The van der Waals surface area contributed by atoms with Crippen LogP contribution in [-0.2, 0) is 15.1 Å². The summed E-state index contributed by atoms with van der Waals surface area (Å²) in [5.74, 6) is -0.946. The van der Waals surface area contributed by atoms with Crippen LogP contribution in [-0.4, -0.2) is 30.3 Å². The molecule has 0 radical (unpaired) electrons. The fourth-order valence-electron chi connectivity index (χ4n) is 2.28. The van der Waals surface area contributed by atoms with Gasteiger partial charge >= 0.3 is 5.97 Å². The maximum absolute atomic E-state index is 11.6. The van der Waals surface area contributed by atoms with Crippen LogP contribution in [0.3, 0.4) is 0 Å². The van der Waals surface area contributed by atoms with Gasteiger partial charge in [0.1, 0.15) is 5.54 Å². The van der Waals surface area contributed by atoms with E-state index in [0.717, 1.165) is 19.4 Å². The zero-order valence-electron chi connectivity index (χ0n) is 10.9. The number of ether oxygens (including phenoxy) is 1. The molecule has 2 atom stereocenters. The number of rotatable bonds is 5. The van der Waals surface area contributed by atoms with E-state index in [9.17, 15) is 9.90 Å². The molecule has 1 aliphatic heterocycles. The maximum atomic E-state index is 11.6. The Hall–Kier alpha value is -1.10.